The van der Waals surface area contributed by atoms with E-state index in [4.69, 9.17) is 72.9 Å². The predicted octanol–water partition coefficient (Wildman–Crippen LogP) is -6.59. The first-order valence-electron chi connectivity index (χ1n) is 48.4. The Balaban J connectivity index is 1.64. The molecule has 0 radical (unpaired) electrons. The van der Waals surface area contributed by atoms with Crippen LogP contribution in [0.5, 0.6) is 11.5 Å². The van der Waals surface area contributed by atoms with Gasteiger partial charge in [-0.3, -0.25) is 94.2 Å². The normalized spacial score (nSPS) is 19.8. The van der Waals surface area contributed by atoms with Gasteiger partial charge in [-0.05, 0) is 180 Å². The average Bonchev–Trinajstić information content (AvgIpc) is 1.62. The number of primary amides is 2. The molecule has 2 saturated heterocycles. The summed E-state index contributed by atoms with van der Waals surface area (Å²) in [6.45, 7) is 0.473. The van der Waals surface area contributed by atoms with Gasteiger partial charge in [-0.1, -0.05) is 88.3 Å². The van der Waals surface area contributed by atoms with Gasteiger partial charge in [-0.2, -0.15) is 0 Å². The Labute approximate surface area is 861 Å². The fraction of sp³-hybridized carbons (Fsp3) is 0.522. The van der Waals surface area contributed by atoms with Crippen molar-refractivity contribution in [2.24, 2.45) is 45.9 Å². The molecule has 6 rings (SSSR count). The van der Waals surface area contributed by atoms with Crippen molar-refractivity contribution in [3.05, 3.63) is 108 Å². The van der Waals surface area contributed by atoms with E-state index < -0.39 is 240 Å². The second kappa shape index (κ2) is 64.3. The molecular formula is C92H142N34O20S2. The number of urea groups is 2. The molecule has 0 saturated carbocycles. The number of fused-ring (bicyclic) bond motifs is 2. The number of rotatable bonds is 48. The standard InChI is InChI=1S/C92H142N34O20S2/c1-50(127)113-58(17-6-36-106-86(94)95)72(130)115-62(20-9-39-109-89(100)101)76(134)121-68(47-53-25-30-54-14-2-3-15-55(54)44-53)80(138)125-70-49-148-147-48-69(81(139)120-65(85(143)144)23-12-40-110-90(102)103)124-77(135)63(21-10-41-111-91(104)145)116-74(132)61(19-8-38-108-88(98)99)118-79(137)67(46-52-28-33-57(129)34-29-52)123-83(141)71-24-13-43-126(71)84(142)64(22-11-42-112-92(105)146)119-75(133)59(16-4-5-35-93)114-73(131)60(18-7-37-107-87(96)97)117-78(136)66(122-82(70)140)45-51-26-31-56(128)32-27-51/h2-3,14-15,25-34,44,58-71,128-129H,4-13,16-24,35-43,45-49,93H2,1H3,(H,113,127)(H,114,131)(H,115,130)(H,116,132)(H,117,136)(H,118,137)(H,119,133)(H,120,139)(H,121,134)(H,122,140)(H,123,141)(H,124,135)(H,125,138)(H,143,144)(H4,94,95,106)(H4,96,97,107)(H4,98,99,108)(H4,100,101,109)(H4,102,103,110)(H3,104,111,145)(H3,105,112,146)/t58-,59-,60-,61-,62-,63-,64+,65-,66-,67-,68-,69-,70-,71-/m0/s1. The minimum atomic E-state index is -1.95. The van der Waals surface area contributed by atoms with Crippen LogP contribution < -0.4 is 152 Å². The second-order valence-electron chi connectivity index (χ2n) is 35.3. The monoisotopic (exact) mass is 2110 g/mol. The van der Waals surface area contributed by atoms with Gasteiger partial charge in [-0.15, -0.1) is 0 Å². The summed E-state index contributed by atoms with van der Waals surface area (Å²) in [4.78, 5) is 252. The summed E-state index contributed by atoms with van der Waals surface area (Å²) in [6, 6.07) is -2.61. The van der Waals surface area contributed by atoms with Crippen LogP contribution in [0, 0.1) is 27.0 Å². The van der Waals surface area contributed by atoms with E-state index in [2.05, 4.69) is 106 Å². The number of phenolic OH excluding ortho intramolecular Hbond substituents is 2. The maximum absolute atomic E-state index is 16.1. The Morgan fingerprint density at radius 3 is 1.23 bits per heavy atom. The van der Waals surface area contributed by atoms with Crippen LogP contribution in [0.25, 0.3) is 10.8 Å². The summed E-state index contributed by atoms with van der Waals surface area (Å²) in [6.07, 6.45) is -3.16. The van der Waals surface area contributed by atoms with Crippen LogP contribution >= 0.6 is 21.6 Å². The first-order valence-corrected chi connectivity index (χ1v) is 50.9. The molecule has 0 unspecified atom stereocenters. The van der Waals surface area contributed by atoms with Crippen LogP contribution in [0.4, 0.5) is 9.59 Å². The fourth-order valence-corrected chi connectivity index (χ4v) is 18.2. The zero-order valence-electron chi connectivity index (χ0n) is 82.2. The number of nitrogens with zero attached hydrogens (tertiary/aromatic N) is 1. The van der Waals surface area contributed by atoms with Crippen LogP contribution in [-0.2, 0) is 91.2 Å². The highest BCUT2D eigenvalue weighted by Crippen LogP contribution is 2.27. The van der Waals surface area contributed by atoms with Crippen molar-refractivity contribution in [2.75, 3.05) is 70.4 Å². The van der Waals surface area contributed by atoms with E-state index in [0.29, 0.717) is 38.1 Å². The summed E-state index contributed by atoms with van der Waals surface area (Å²) in [5, 5.41) is 124. The van der Waals surface area contributed by atoms with E-state index in [-0.39, 0.29) is 204 Å². The Hall–Kier alpha value is -15.7. The minimum absolute atomic E-state index is 0.0153. The predicted molar refractivity (Wildman–Crippen MR) is 552 cm³/mol. The minimum Gasteiger partial charge on any atom is -0.508 e. The number of aromatic hydroxyl groups is 2. The molecule has 2 fully saturated rings. The van der Waals surface area contributed by atoms with Crippen LogP contribution in [0.2, 0.25) is 0 Å². The molecule has 2 aliphatic heterocycles. The number of carbonyl (C=O) groups is 17. The summed E-state index contributed by atoms with van der Waals surface area (Å²) in [7, 11) is 1.42. The number of carboxylic acids is 1. The van der Waals surface area contributed by atoms with Crippen molar-refractivity contribution in [3.63, 3.8) is 0 Å². The highest BCUT2D eigenvalue weighted by atomic mass is 33.1. The molecule has 4 aromatic carbocycles. The molecule has 54 nitrogen and oxygen atoms in total. The van der Waals surface area contributed by atoms with Crippen LogP contribution in [0.3, 0.4) is 0 Å². The van der Waals surface area contributed by atoms with Crippen LogP contribution in [0.1, 0.15) is 146 Å². The maximum Gasteiger partial charge on any atom is 0.326 e. The van der Waals surface area contributed by atoms with Crippen molar-refractivity contribution < 1.29 is 96.8 Å². The zero-order valence-corrected chi connectivity index (χ0v) is 83.9. The number of hydrogen-bond acceptors (Lipinski definition) is 27. The molecule has 2 heterocycles. The number of carboxylic acid groups (broad SMARTS) is 1. The van der Waals surface area contributed by atoms with Gasteiger partial charge >= 0.3 is 18.0 Å². The van der Waals surface area contributed by atoms with Crippen molar-refractivity contribution in [1.82, 2.24) is 111 Å². The zero-order chi connectivity index (χ0) is 109. The van der Waals surface area contributed by atoms with Crippen molar-refractivity contribution in [1.29, 1.82) is 27.0 Å². The van der Waals surface area contributed by atoms with Crippen LogP contribution in [-0.4, -0.2) is 306 Å². The van der Waals surface area contributed by atoms with E-state index >= 15 is 57.5 Å². The number of hydrogen-bond donors (Lipinski definition) is 36. The molecule has 4 aromatic rings. The summed E-state index contributed by atoms with van der Waals surface area (Å²) >= 11 is 0. The molecule has 812 valence electrons. The molecule has 0 spiro atoms. The highest BCUT2D eigenvalue weighted by Gasteiger charge is 2.43. The van der Waals surface area contributed by atoms with E-state index in [1.54, 1.807) is 36.4 Å². The third kappa shape index (κ3) is 45.3. The lowest BCUT2D eigenvalue weighted by atomic mass is 10.00. The molecule has 14 atom stereocenters. The van der Waals surface area contributed by atoms with Crippen molar-refractivity contribution >= 4 is 163 Å². The Morgan fingerprint density at radius 1 is 0.405 bits per heavy atom. The maximum atomic E-state index is 16.1. The smallest absolute Gasteiger partial charge is 0.326 e. The molecule has 44 N–H and O–H groups in total. The molecule has 56 heteroatoms. The van der Waals surface area contributed by atoms with Gasteiger partial charge in [0.15, 0.2) is 29.8 Å². The summed E-state index contributed by atoms with van der Waals surface area (Å²) in [5.74, 6) is -20.0. The second-order valence-corrected chi connectivity index (χ2v) is 37.8. The number of nitrogens with one attached hydrogen (secondary N) is 25. The highest BCUT2D eigenvalue weighted by molar-refractivity contribution is 8.76. The lowest BCUT2D eigenvalue weighted by Gasteiger charge is -2.31. The third-order valence-corrected chi connectivity index (χ3v) is 25.9. The van der Waals surface area contributed by atoms with E-state index in [1.807, 2.05) is 6.07 Å². The van der Waals surface area contributed by atoms with Crippen LogP contribution in [0.15, 0.2) is 91.0 Å². The molecule has 0 aromatic heterocycles. The SMILES string of the molecule is CC(=O)N[C@@H](CCCNC(=N)N)C(=O)N[C@@H](CCCNC(=N)N)C(=O)N[C@@H](Cc1ccc2ccccc2c1)C(=O)N[C@H]1CSSC[C@@H](C(=O)N[C@@H](CCCNC(=N)N)C(=O)O)NC(=O)[C@H](CCCNC(N)=O)NC(=O)[C@H](CCCNC(=N)N)NC(=O)[C@H](Cc2ccc(O)cc2)NC(=O)[C@@H]2CCCN2C(=O)[C@@H](CCCNC(N)=O)NC(=O)[C@H](CCCCN)NC(=O)[C@H](CCCNC(=N)N)NC(=O)[C@H](Cc2ccc(O)cc2)NC1=O. The third-order valence-electron chi connectivity index (χ3n) is 23.5. The first kappa shape index (κ1) is 121. The van der Waals surface area contributed by atoms with Gasteiger partial charge in [0.05, 0.1) is 0 Å². The molecular weight excluding hydrogens is 1970 g/mol. The van der Waals surface area contributed by atoms with Gasteiger partial charge in [0, 0.05) is 90.0 Å². The lowest BCUT2D eigenvalue weighted by Crippen LogP contribution is -2.61. The molecule has 148 heavy (non-hydrogen) atoms. The Kier molecular flexibility index (Phi) is 52.5. The number of unbranched alkanes of at least 4 members (excludes halogenated alkanes) is 1. The van der Waals surface area contributed by atoms with E-state index in [1.165, 1.54) is 48.5 Å². The molecule has 2 aliphatic rings. The molecule has 18 amide bonds. The fourth-order valence-electron chi connectivity index (χ4n) is 15.9. The van der Waals surface area contributed by atoms with E-state index in [0.717, 1.165) is 17.2 Å². The number of phenols is 2. The average molecular weight is 2110 g/mol. The molecule has 0 aliphatic carbocycles. The largest absolute Gasteiger partial charge is 0.508 e. The first-order chi connectivity index (χ1) is 70.5. The topological polar surface area (TPSA) is 922 Å². The van der Waals surface area contributed by atoms with Gasteiger partial charge < -0.3 is 172 Å². The van der Waals surface area contributed by atoms with Gasteiger partial charge in [-0.25, -0.2) is 14.4 Å². The van der Waals surface area contributed by atoms with Crippen molar-refractivity contribution in [3.8, 4) is 11.5 Å². The summed E-state index contributed by atoms with van der Waals surface area (Å²) in [5.41, 5.74) is 45.9. The van der Waals surface area contributed by atoms with E-state index in [9.17, 15) is 39.3 Å². The number of benzene rings is 4. The lowest BCUT2D eigenvalue weighted by molar-refractivity contribution is -0.142. The van der Waals surface area contributed by atoms with Crippen molar-refractivity contribution in [2.45, 2.75) is 233 Å². The number of aliphatic carboxylic acids is 1. The number of amides is 18. The molecule has 0 bridgehead atoms. The van der Waals surface area contributed by atoms with Gasteiger partial charge in [0.25, 0.3) is 0 Å². The Bertz CT molecular complexity index is 5230. The quantitative estimate of drug-likeness (QED) is 0.00846. The number of guanidine groups is 5. The van der Waals surface area contributed by atoms with Gasteiger partial charge in [0.1, 0.15) is 96.1 Å². The summed E-state index contributed by atoms with van der Waals surface area (Å²) < 4.78 is 0. The number of carbonyl (C=O) groups excluding carboxylic acids is 16. The van der Waals surface area contributed by atoms with Gasteiger partial charge in [0.2, 0.25) is 82.7 Å². The number of nitrogens with two attached hydrogens (primary N) is 8. The Morgan fingerprint density at radius 2 is 0.784 bits per heavy atom.